The fourth-order valence-corrected chi connectivity index (χ4v) is 2.56. The summed E-state index contributed by atoms with van der Waals surface area (Å²) in [5.74, 6) is 1.21. The van der Waals surface area contributed by atoms with Crippen molar-refractivity contribution in [2.45, 2.75) is 0 Å². The van der Waals surface area contributed by atoms with Gasteiger partial charge in [0.1, 0.15) is 7.11 Å². The van der Waals surface area contributed by atoms with Crippen LogP contribution in [0.25, 0.3) is 22.7 Å². The van der Waals surface area contributed by atoms with Crippen LogP contribution in [0.15, 0.2) is 76.4 Å². The maximum atomic E-state index is 12.3. The molecule has 0 amide bonds. The molecule has 0 aliphatic heterocycles. The Balaban J connectivity index is 1.68. The summed E-state index contributed by atoms with van der Waals surface area (Å²) in [7, 11) is 1.38. The fraction of sp³-hybridized carbons (Fsp3) is 0.0526. The molecule has 0 saturated heterocycles. The zero-order valence-corrected chi connectivity index (χ0v) is 14.4. The number of oxazole rings is 1. The first-order valence-corrected chi connectivity index (χ1v) is 8.11. The quantitative estimate of drug-likeness (QED) is 0.584. The van der Waals surface area contributed by atoms with E-state index >= 15 is 0 Å². The predicted octanol–water partition coefficient (Wildman–Crippen LogP) is 2.76. The van der Waals surface area contributed by atoms with Crippen LogP contribution in [0.4, 0.5) is 11.6 Å². The van der Waals surface area contributed by atoms with Crippen molar-refractivity contribution in [3.63, 3.8) is 0 Å². The monoisotopic (exact) mass is 361 g/mol. The van der Waals surface area contributed by atoms with Crippen molar-refractivity contribution in [3.8, 4) is 22.7 Å². The molecule has 0 aliphatic rings. The van der Waals surface area contributed by atoms with E-state index < -0.39 is 5.69 Å². The molecule has 0 atom stereocenters. The van der Waals surface area contributed by atoms with E-state index in [-0.39, 0.29) is 5.95 Å². The Labute approximate surface area is 154 Å². The van der Waals surface area contributed by atoms with Crippen molar-refractivity contribution < 1.29 is 9.25 Å². The van der Waals surface area contributed by atoms with Gasteiger partial charge in [-0.3, -0.25) is 0 Å². The first-order chi connectivity index (χ1) is 13.2. The summed E-state index contributed by atoms with van der Waals surface area (Å²) in [6.07, 6.45) is 3.02. The highest BCUT2D eigenvalue weighted by molar-refractivity contribution is 5.64. The molecule has 134 valence electrons. The van der Waals surface area contributed by atoms with Crippen LogP contribution in [0.3, 0.4) is 0 Å². The lowest BCUT2D eigenvalue weighted by Crippen LogP contribution is -2.30. The van der Waals surface area contributed by atoms with Crippen LogP contribution in [0.1, 0.15) is 0 Å². The summed E-state index contributed by atoms with van der Waals surface area (Å²) in [6.45, 7) is 0. The van der Waals surface area contributed by atoms with Gasteiger partial charge in [-0.1, -0.05) is 35.1 Å². The predicted molar refractivity (Wildman–Crippen MR) is 99.5 cm³/mol. The van der Waals surface area contributed by atoms with E-state index in [4.69, 9.17) is 9.25 Å². The molecule has 0 bridgehead atoms. The Kier molecular flexibility index (Phi) is 4.36. The summed E-state index contributed by atoms with van der Waals surface area (Å²) >= 11 is 0. The molecule has 2 heterocycles. The molecule has 2 aromatic carbocycles. The lowest BCUT2D eigenvalue weighted by Gasteiger charge is -2.12. The molecule has 0 fully saturated rings. The minimum atomic E-state index is -0.563. The lowest BCUT2D eigenvalue weighted by atomic mass is 10.2. The molecular formula is C19H15N5O3. The molecule has 27 heavy (non-hydrogen) atoms. The summed E-state index contributed by atoms with van der Waals surface area (Å²) in [5.41, 5.74) is 1.78. The van der Waals surface area contributed by atoms with Crippen molar-refractivity contribution in [2.75, 3.05) is 12.4 Å². The van der Waals surface area contributed by atoms with Gasteiger partial charge in [0.2, 0.25) is 5.95 Å². The third-order valence-corrected chi connectivity index (χ3v) is 3.85. The smallest absolute Gasteiger partial charge is 0.385 e. The second-order valence-electron chi connectivity index (χ2n) is 5.56. The van der Waals surface area contributed by atoms with Gasteiger partial charge in [-0.05, 0) is 24.3 Å². The molecule has 4 aromatic rings. The topological polar surface area (TPSA) is 95.1 Å². The number of nitrogens with zero attached hydrogens (tertiary/aromatic N) is 4. The maximum Gasteiger partial charge on any atom is 0.385 e. The molecule has 0 unspecified atom stereocenters. The Morgan fingerprint density at radius 1 is 1.00 bits per heavy atom. The Bertz CT molecular complexity index is 1090. The molecule has 0 radical (unpaired) electrons. The summed E-state index contributed by atoms with van der Waals surface area (Å²) in [6, 6.07) is 16.7. The van der Waals surface area contributed by atoms with Crippen molar-refractivity contribution in [3.05, 3.63) is 77.7 Å². The van der Waals surface area contributed by atoms with Gasteiger partial charge in [-0.2, -0.15) is 9.97 Å². The number of rotatable bonds is 5. The first kappa shape index (κ1) is 16.5. The van der Waals surface area contributed by atoms with Crippen LogP contribution in [-0.4, -0.2) is 26.8 Å². The van der Waals surface area contributed by atoms with Gasteiger partial charge in [-0.25, -0.2) is 9.78 Å². The zero-order valence-electron chi connectivity index (χ0n) is 14.4. The molecule has 8 heteroatoms. The van der Waals surface area contributed by atoms with Crippen molar-refractivity contribution >= 4 is 11.6 Å². The number of anilines is 2. The molecule has 1 N–H and O–H groups in total. The number of hydrogen-bond acceptors (Lipinski definition) is 7. The number of hydrogen-bond donors (Lipinski definition) is 1. The average molecular weight is 361 g/mol. The van der Waals surface area contributed by atoms with Crippen molar-refractivity contribution in [2.24, 2.45) is 0 Å². The van der Waals surface area contributed by atoms with Gasteiger partial charge >= 0.3 is 5.69 Å². The van der Waals surface area contributed by atoms with E-state index in [1.165, 1.54) is 13.5 Å². The van der Waals surface area contributed by atoms with Crippen LogP contribution >= 0.6 is 0 Å². The number of aromatic nitrogens is 4. The van der Waals surface area contributed by atoms with E-state index in [0.717, 1.165) is 21.5 Å². The van der Waals surface area contributed by atoms with Crippen molar-refractivity contribution in [1.82, 2.24) is 19.7 Å². The first-order valence-electron chi connectivity index (χ1n) is 8.11. The Morgan fingerprint density at radius 2 is 1.78 bits per heavy atom. The van der Waals surface area contributed by atoms with Gasteiger partial charge in [0.05, 0.1) is 6.20 Å². The van der Waals surface area contributed by atoms with Crippen LogP contribution < -0.4 is 15.8 Å². The second-order valence-corrected chi connectivity index (χ2v) is 5.56. The van der Waals surface area contributed by atoms with E-state index in [1.54, 1.807) is 6.20 Å². The summed E-state index contributed by atoms with van der Waals surface area (Å²) < 4.78 is 6.27. The van der Waals surface area contributed by atoms with Gasteiger partial charge < -0.3 is 14.6 Å². The lowest BCUT2D eigenvalue weighted by molar-refractivity contribution is 0.156. The molecular weight excluding hydrogens is 346 g/mol. The highest BCUT2D eigenvalue weighted by Gasteiger charge is 2.12. The van der Waals surface area contributed by atoms with Gasteiger partial charge in [-0.15, -0.1) is 0 Å². The normalized spacial score (nSPS) is 10.6. The third kappa shape index (κ3) is 3.40. The van der Waals surface area contributed by atoms with Crippen LogP contribution in [0.5, 0.6) is 0 Å². The van der Waals surface area contributed by atoms with Crippen LogP contribution in [0, 0.1) is 0 Å². The summed E-state index contributed by atoms with van der Waals surface area (Å²) in [4.78, 5) is 29.7. The third-order valence-electron chi connectivity index (χ3n) is 3.85. The van der Waals surface area contributed by atoms with Gasteiger partial charge in [0, 0.05) is 16.8 Å². The molecule has 4 rings (SSSR count). The average Bonchev–Trinajstić information content (AvgIpc) is 3.24. The highest BCUT2D eigenvalue weighted by Crippen LogP contribution is 2.22. The standard InChI is InChI=1S/C19H15N5O3/c1-26-24-18(22-17(23-19(24)25)14-5-3-2-4-6-14)21-15-9-7-13(8-10-15)16-11-20-12-27-16/h2-12H,1H3,(H,21,22,23,25). The second kappa shape index (κ2) is 7.12. The summed E-state index contributed by atoms with van der Waals surface area (Å²) in [5, 5.41) is 3.09. The van der Waals surface area contributed by atoms with E-state index in [9.17, 15) is 4.79 Å². The highest BCUT2D eigenvalue weighted by atomic mass is 16.7. The van der Waals surface area contributed by atoms with E-state index in [0.29, 0.717) is 11.6 Å². The largest absolute Gasteiger partial charge is 0.444 e. The van der Waals surface area contributed by atoms with E-state index in [1.807, 2.05) is 54.6 Å². The zero-order chi connectivity index (χ0) is 18.6. The van der Waals surface area contributed by atoms with Gasteiger partial charge in [0.25, 0.3) is 0 Å². The molecule has 0 saturated carbocycles. The van der Waals surface area contributed by atoms with Gasteiger partial charge in [0.15, 0.2) is 18.0 Å². The maximum absolute atomic E-state index is 12.3. The number of benzene rings is 2. The molecule has 0 aliphatic carbocycles. The van der Waals surface area contributed by atoms with Crippen LogP contribution in [-0.2, 0) is 0 Å². The SMILES string of the molecule is COn1c(Nc2ccc(-c3cnco3)cc2)nc(-c2ccccc2)nc1=O. The molecule has 8 nitrogen and oxygen atoms in total. The number of nitrogens with one attached hydrogen (secondary N) is 1. The Hall–Kier alpha value is -3.94. The minimum absolute atomic E-state index is 0.226. The molecule has 0 spiro atoms. The molecule has 2 aromatic heterocycles. The van der Waals surface area contributed by atoms with E-state index in [2.05, 4.69) is 20.3 Å². The van der Waals surface area contributed by atoms with Crippen molar-refractivity contribution in [1.29, 1.82) is 0 Å². The Morgan fingerprint density at radius 3 is 2.44 bits per heavy atom. The fourth-order valence-electron chi connectivity index (χ4n) is 2.56. The van der Waals surface area contributed by atoms with Crippen LogP contribution in [0.2, 0.25) is 0 Å². The minimum Gasteiger partial charge on any atom is -0.444 e.